The van der Waals surface area contributed by atoms with Crippen LogP contribution in [-0.4, -0.2) is 10.1 Å². The van der Waals surface area contributed by atoms with Crippen molar-refractivity contribution >= 4 is 5.82 Å². The molecule has 0 aliphatic heterocycles. The first-order valence-electron chi connectivity index (χ1n) is 6.44. The fraction of sp³-hybridized carbons (Fsp3) is 0.312. The van der Waals surface area contributed by atoms with Gasteiger partial charge in [-0.1, -0.05) is 45.0 Å². The maximum absolute atomic E-state index is 9.68. The molecule has 0 bridgehead atoms. The molecule has 0 amide bonds. The average molecular weight is 256 g/mol. The van der Waals surface area contributed by atoms with E-state index in [-0.39, 0.29) is 5.41 Å². The highest BCUT2D eigenvalue weighted by molar-refractivity contribution is 5.40. The van der Waals surface area contributed by atoms with Gasteiger partial charge in [-0.3, -0.25) is 0 Å². The lowest BCUT2D eigenvalue weighted by atomic mass is 9.88. The molecule has 1 heterocycles. The van der Waals surface area contributed by atoms with Crippen molar-refractivity contribution in [2.45, 2.75) is 32.7 Å². The Hall–Kier alpha value is -2.03. The molecule has 0 saturated heterocycles. The molecule has 2 rings (SSSR count). The van der Waals surface area contributed by atoms with E-state index in [0.29, 0.717) is 12.3 Å². The standard InChI is InChI=1S/C16H20N2O/c1-16(2,3)13-8-9-15(18-11-13)17-10-12-6-4-5-7-14(12)19/h4-9,11,19H,10H2,1-3H3,(H,17,18). The van der Waals surface area contributed by atoms with Gasteiger partial charge in [-0.05, 0) is 23.1 Å². The third kappa shape index (κ3) is 3.47. The Morgan fingerprint density at radius 1 is 1.11 bits per heavy atom. The molecule has 0 atom stereocenters. The molecule has 1 aromatic carbocycles. The summed E-state index contributed by atoms with van der Waals surface area (Å²) >= 11 is 0. The van der Waals surface area contributed by atoms with Crippen LogP contribution in [0.3, 0.4) is 0 Å². The van der Waals surface area contributed by atoms with Crippen molar-refractivity contribution in [3.8, 4) is 5.75 Å². The van der Waals surface area contributed by atoms with Crippen LogP contribution < -0.4 is 5.32 Å². The first-order chi connectivity index (χ1) is 8.97. The number of rotatable bonds is 3. The Bertz CT molecular complexity index is 541. The van der Waals surface area contributed by atoms with E-state index in [4.69, 9.17) is 0 Å². The molecule has 0 fully saturated rings. The number of benzene rings is 1. The number of aromatic hydroxyl groups is 1. The second-order valence-electron chi connectivity index (χ2n) is 5.66. The zero-order chi connectivity index (χ0) is 13.9. The van der Waals surface area contributed by atoms with E-state index < -0.39 is 0 Å². The molecule has 2 N–H and O–H groups in total. The topological polar surface area (TPSA) is 45.1 Å². The normalized spacial score (nSPS) is 11.3. The minimum absolute atomic E-state index is 0.114. The van der Waals surface area contributed by atoms with Gasteiger partial charge in [0.1, 0.15) is 11.6 Å². The summed E-state index contributed by atoms with van der Waals surface area (Å²) in [6, 6.07) is 11.4. The Morgan fingerprint density at radius 2 is 1.84 bits per heavy atom. The van der Waals surface area contributed by atoms with Crippen molar-refractivity contribution in [1.29, 1.82) is 0 Å². The zero-order valence-electron chi connectivity index (χ0n) is 11.6. The highest BCUT2D eigenvalue weighted by Crippen LogP contribution is 2.22. The van der Waals surface area contributed by atoms with Crippen molar-refractivity contribution in [2.24, 2.45) is 0 Å². The van der Waals surface area contributed by atoms with Crippen molar-refractivity contribution in [1.82, 2.24) is 4.98 Å². The van der Waals surface area contributed by atoms with Gasteiger partial charge in [0.15, 0.2) is 0 Å². The summed E-state index contributed by atoms with van der Waals surface area (Å²) in [5.41, 5.74) is 2.19. The maximum Gasteiger partial charge on any atom is 0.126 e. The lowest BCUT2D eigenvalue weighted by Crippen LogP contribution is -2.11. The van der Waals surface area contributed by atoms with Crippen LogP contribution in [0.1, 0.15) is 31.9 Å². The summed E-state index contributed by atoms with van der Waals surface area (Å²) in [6.45, 7) is 7.06. The molecule has 0 radical (unpaired) electrons. The van der Waals surface area contributed by atoms with Gasteiger partial charge in [0, 0.05) is 18.3 Å². The van der Waals surface area contributed by atoms with E-state index in [9.17, 15) is 5.11 Å². The quantitative estimate of drug-likeness (QED) is 0.880. The summed E-state index contributed by atoms with van der Waals surface area (Å²) in [6.07, 6.45) is 1.90. The van der Waals surface area contributed by atoms with Crippen molar-refractivity contribution < 1.29 is 5.11 Å². The van der Waals surface area contributed by atoms with Crippen LogP contribution in [0.4, 0.5) is 5.82 Å². The van der Waals surface area contributed by atoms with E-state index >= 15 is 0 Å². The minimum Gasteiger partial charge on any atom is -0.508 e. The van der Waals surface area contributed by atoms with Gasteiger partial charge < -0.3 is 10.4 Å². The summed E-state index contributed by atoms with van der Waals surface area (Å²) in [5, 5.41) is 12.9. The second-order valence-corrected chi connectivity index (χ2v) is 5.66. The predicted octanol–water partition coefficient (Wildman–Crippen LogP) is 3.70. The van der Waals surface area contributed by atoms with Gasteiger partial charge >= 0.3 is 0 Å². The molecular weight excluding hydrogens is 236 g/mol. The number of nitrogens with one attached hydrogen (secondary N) is 1. The van der Waals surface area contributed by atoms with Crippen LogP contribution >= 0.6 is 0 Å². The van der Waals surface area contributed by atoms with Crippen molar-refractivity contribution in [3.63, 3.8) is 0 Å². The Labute approximate surface area is 114 Å². The lowest BCUT2D eigenvalue weighted by Gasteiger charge is -2.18. The number of hydrogen-bond acceptors (Lipinski definition) is 3. The van der Waals surface area contributed by atoms with Gasteiger partial charge in [0.25, 0.3) is 0 Å². The number of phenolic OH excluding ortho intramolecular Hbond substituents is 1. The highest BCUT2D eigenvalue weighted by atomic mass is 16.3. The molecule has 3 nitrogen and oxygen atoms in total. The number of phenols is 1. The van der Waals surface area contributed by atoms with Crippen molar-refractivity contribution in [2.75, 3.05) is 5.32 Å². The smallest absolute Gasteiger partial charge is 0.126 e. The monoisotopic (exact) mass is 256 g/mol. The second kappa shape index (κ2) is 5.31. The SMILES string of the molecule is CC(C)(C)c1ccc(NCc2ccccc2O)nc1. The summed E-state index contributed by atoms with van der Waals surface area (Å²) in [5.74, 6) is 1.12. The fourth-order valence-corrected chi connectivity index (χ4v) is 1.79. The minimum atomic E-state index is 0.114. The van der Waals surface area contributed by atoms with E-state index in [1.807, 2.05) is 30.5 Å². The van der Waals surface area contributed by atoms with Gasteiger partial charge in [-0.25, -0.2) is 4.98 Å². The number of pyridine rings is 1. The molecule has 0 unspecified atom stereocenters. The van der Waals surface area contributed by atoms with Crippen LogP contribution in [0.5, 0.6) is 5.75 Å². The molecule has 1 aromatic heterocycles. The van der Waals surface area contributed by atoms with Gasteiger partial charge in [0.05, 0.1) is 0 Å². The molecule has 3 heteroatoms. The predicted molar refractivity (Wildman–Crippen MR) is 78.4 cm³/mol. The van der Waals surface area contributed by atoms with E-state index in [0.717, 1.165) is 11.4 Å². The summed E-state index contributed by atoms with van der Waals surface area (Å²) in [7, 11) is 0. The molecule has 0 saturated carbocycles. The average Bonchev–Trinajstić information content (AvgIpc) is 2.37. The van der Waals surface area contributed by atoms with Crippen LogP contribution in [0, 0.1) is 0 Å². The number of hydrogen-bond donors (Lipinski definition) is 2. The Kier molecular flexibility index (Phi) is 3.74. The van der Waals surface area contributed by atoms with Crippen molar-refractivity contribution in [3.05, 3.63) is 53.7 Å². The molecule has 0 aliphatic carbocycles. The summed E-state index contributed by atoms with van der Waals surface area (Å²) < 4.78 is 0. The molecule has 0 aliphatic rings. The molecule has 0 spiro atoms. The van der Waals surface area contributed by atoms with Gasteiger partial charge in [0.2, 0.25) is 0 Å². The third-order valence-corrected chi connectivity index (χ3v) is 3.08. The lowest BCUT2D eigenvalue weighted by molar-refractivity contribution is 0.469. The largest absolute Gasteiger partial charge is 0.508 e. The van der Waals surface area contributed by atoms with Crippen LogP contribution in [-0.2, 0) is 12.0 Å². The zero-order valence-corrected chi connectivity index (χ0v) is 11.6. The van der Waals surface area contributed by atoms with E-state index in [2.05, 4.69) is 37.1 Å². The molecular formula is C16H20N2O. The number of para-hydroxylation sites is 1. The summed E-state index contributed by atoms with van der Waals surface area (Å²) in [4.78, 5) is 4.40. The van der Waals surface area contributed by atoms with Crippen LogP contribution in [0.25, 0.3) is 0 Å². The van der Waals surface area contributed by atoms with Gasteiger partial charge in [-0.2, -0.15) is 0 Å². The fourth-order valence-electron chi connectivity index (χ4n) is 1.79. The Balaban J connectivity index is 2.03. The number of nitrogens with zero attached hydrogens (tertiary/aromatic N) is 1. The molecule has 19 heavy (non-hydrogen) atoms. The number of aromatic nitrogens is 1. The van der Waals surface area contributed by atoms with E-state index in [1.54, 1.807) is 6.07 Å². The first kappa shape index (κ1) is 13.4. The first-order valence-corrected chi connectivity index (χ1v) is 6.44. The molecule has 100 valence electrons. The highest BCUT2D eigenvalue weighted by Gasteiger charge is 2.13. The van der Waals surface area contributed by atoms with Crippen LogP contribution in [0.15, 0.2) is 42.6 Å². The molecule has 2 aromatic rings. The van der Waals surface area contributed by atoms with E-state index in [1.165, 1.54) is 5.56 Å². The van der Waals surface area contributed by atoms with Crippen LogP contribution in [0.2, 0.25) is 0 Å². The number of anilines is 1. The Morgan fingerprint density at radius 3 is 2.42 bits per heavy atom. The maximum atomic E-state index is 9.68. The van der Waals surface area contributed by atoms with Gasteiger partial charge in [-0.15, -0.1) is 0 Å². The third-order valence-electron chi connectivity index (χ3n) is 3.08.